The Morgan fingerprint density at radius 2 is 1.53 bits per heavy atom. The summed E-state index contributed by atoms with van der Waals surface area (Å²) >= 11 is 0. The van der Waals surface area contributed by atoms with E-state index in [0.29, 0.717) is 30.8 Å². The van der Waals surface area contributed by atoms with Crippen LogP contribution in [0.25, 0.3) is 0 Å². The van der Waals surface area contributed by atoms with Crippen LogP contribution >= 0.6 is 0 Å². The molecule has 0 N–H and O–H groups in total. The first-order valence-electron chi connectivity index (χ1n) is 11.1. The van der Waals surface area contributed by atoms with Gasteiger partial charge in [0.2, 0.25) is 5.91 Å². The Morgan fingerprint density at radius 3 is 2.03 bits per heavy atom. The summed E-state index contributed by atoms with van der Waals surface area (Å²) in [5.74, 6) is -0.985. The van der Waals surface area contributed by atoms with Crippen LogP contribution in [0, 0.1) is 5.82 Å². The van der Waals surface area contributed by atoms with E-state index in [1.807, 2.05) is 4.90 Å². The van der Waals surface area contributed by atoms with Gasteiger partial charge in [0.15, 0.2) is 0 Å². The number of halogens is 7. The highest BCUT2D eigenvalue weighted by Crippen LogP contribution is 2.40. The van der Waals surface area contributed by atoms with Gasteiger partial charge in [-0.1, -0.05) is 12.1 Å². The second-order valence-electron chi connectivity index (χ2n) is 9.05. The Kier molecular flexibility index (Phi) is 6.80. The number of benzene rings is 2. The maximum Gasteiger partial charge on any atom is 0.416 e. The molecule has 2 aliphatic heterocycles. The summed E-state index contributed by atoms with van der Waals surface area (Å²) in [5, 5.41) is 0. The Hall–Kier alpha value is -3.08. The lowest BCUT2D eigenvalue weighted by Gasteiger charge is -2.25. The molecule has 0 unspecified atom stereocenters. The molecule has 0 aliphatic carbocycles. The molecule has 1 amide bonds. The zero-order valence-corrected chi connectivity index (χ0v) is 19.3. The molecule has 0 bridgehead atoms. The fourth-order valence-electron chi connectivity index (χ4n) is 4.54. The van der Waals surface area contributed by atoms with Crippen molar-refractivity contribution in [1.82, 2.24) is 9.80 Å². The number of carbonyl (C=O) groups excluding carboxylic acids is 1. The predicted molar refractivity (Wildman–Crippen MR) is 116 cm³/mol. The van der Waals surface area contributed by atoms with Crippen LogP contribution in [0.3, 0.4) is 0 Å². The van der Waals surface area contributed by atoms with E-state index in [9.17, 15) is 35.5 Å². The smallest absolute Gasteiger partial charge is 0.370 e. The quantitative estimate of drug-likeness (QED) is 0.474. The van der Waals surface area contributed by atoms with Gasteiger partial charge in [-0.3, -0.25) is 4.79 Å². The highest BCUT2D eigenvalue weighted by atomic mass is 19.4. The molecule has 11 heteroatoms. The van der Waals surface area contributed by atoms with E-state index in [-0.39, 0.29) is 30.0 Å². The Morgan fingerprint density at radius 1 is 0.944 bits per heavy atom. The van der Waals surface area contributed by atoms with Gasteiger partial charge in [-0.2, -0.15) is 26.3 Å². The Balaban J connectivity index is 1.64. The van der Waals surface area contributed by atoms with Crippen molar-refractivity contribution in [3.05, 3.63) is 82.3 Å². The summed E-state index contributed by atoms with van der Waals surface area (Å²) in [6.45, 7) is 2.39. The summed E-state index contributed by atoms with van der Waals surface area (Å²) in [6, 6.07) is 7.07. The summed E-state index contributed by atoms with van der Waals surface area (Å²) in [4.78, 5) is 15.4. The van der Waals surface area contributed by atoms with Crippen molar-refractivity contribution in [3.8, 4) is 0 Å². The molecule has 1 saturated heterocycles. The first-order chi connectivity index (χ1) is 16.7. The van der Waals surface area contributed by atoms with E-state index >= 15 is 0 Å². The van der Waals surface area contributed by atoms with Crippen LogP contribution in [0.4, 0.5) is 30.7 Å². The summed E-state index contributed by atoms with van der Waals surface area (Å²) in [5.41, 5.74) is -1.66. The van der Waals surface area contributed by atoms with E-state index in [1.165, 1.54) is 30.0 Å². The number of amides is 1. The Bertz CT molecular complexity index is 1130. The van der Waals surface area contributed by atoms with Crippen LogP contribution in [0.15, 0.2) is 54.2 Å². The lowest BCUT2D eigenvalue weighted by molar-refractivity contribution is -0.143. The summed E-state index contributed by atoms with van der Waals surface area (Å²) in [6.07, 6.45) is -10.2. The third-order valence-corrected chi connectivity index (χ3v) is 6.49. The van der Waals surface area contributed by atoms with Gasteiger partial charge in [-0.05, 0) is 48.4 Å². The van der Waals surface area contributed by atoms with Crippen LogP contribution in [-0.2, 0) is 21.9 Å². The van der Waals surface area contributed by atoms with Crippen molar-refractivity contribution >= 4 is 5.91 Å². The van der Waals surface area contributed by atoms with Crippen LogP contribution in [-0.4, -0.2) is 48.5 Å². The molecule has 4 nitrogen and oxygen atoms in total. The second-order valence-corrected chi connectivity index (χ2v) is 9.05. The van der Waals surface area contributed by atoms with E-state index in [0.717, 1.165) is 5.70 Å². The molecule has 0 saturated carbocycles. The molecule has 0 radical (unpaired) electrons. The van der Waals surface area contributed by atoms with Gasteiger partial charge >= 0.3 is 12.4 Å². The minimum Gasteiger partial charge on any atom is -0.370 e. The molecule has 3 atom stereocenters. The average molecular weight is 516 g/mol. The van der Waals surface area contributed by atoms with Gasteiger partial charge in [0.1, 0.15) is 5.82 Å². The molecule has 194 valence electrons. The number of rotatable bonds is 5. The lowest BCUT2D eigenvalue weighted by atomic mass is 9.95. The zero-order valence-electron chi connectivity index (χ0n) is 19.3. The minimum atomic E-state index is -4.97. The van der Waals surface area contributed by atoms with E-state index in [2.05, 4.69) is 0 Å². The van der Waals surface area contributed by atoms with Crippen LogP contribution in [0.2, 0.25) is 0 Å². The fourth-order valence-corrected chi connectivity index (χ4v) is 4.54. The number of nitrogens with zero attached hydrogens (tertiary/aromatic N) is 2. The van der Waals surface area contributed by atoms with Crippen molar-refractivity contribution in [1.29, 1.82) is 0 Å². The molecule has 2 aromatic carbocycles. The number of ether oxygens (including phenoxy) is 1. The minimum absolute atomic E-state index is 0.0783. The summed E-state index contributed by atoms with van der Waals surface area (Å²) < 4.78 is 99.5. The van der Waals surface area contributed by atoms with E-state index < -0.39 is 41.5 Å². The van der Waals surface area contributed by atoms with Crippen molar-refractivity contribution in [2.24, 2.45) is 0 Å². The third-order valence-electron chi connectivity index (χ3n) is 6.49. The molecule has 2 aliphatic rings. The molecular formula is C25H23F7N2O2. The fraction of sp³-hybridized carbons (Fsp3) is 0.400. The first kappa shape index (κ1) is 26.0. The van der Waals surface area contributed by atoms with Crippen molar-refractivity contribution in [2.75, 3.05) is 26.7 Å². The maximum atomic E-state index is 13.5. The second kappa shape index (κ2) is 9.42. The van der Waals surface area contributed by atoms with Gasteiger partial charge in [-0.25, -0.2) is 4.39 Å². The van der Waals surface area contributed by atoms with Gasteiger partial charge in [0.25, 0.3) is 0 Å². The normalized spacial score (nSPS) is 21.8. The van der Waals surface area contributed by atoms with Gasteiger partial charge in [-0.15, -0.1) is 0 Å². The van der Waals surface area contributed by atoms with E-state index in [4.69, 9.17) is 4.74 Å². The van der Waals surface area contributed by atoms with Gasteiger partial charge in [0, 0.05) is 37.8 Å². The molecule has 1 fully saturated rings. The molecule has 2 aromatic rings. The SMILES string of the molecule is C[C@@H](O[C@@H]1CN(C2=CC(=O)N(C)C2)C[C@H]1c1ccc(F)cc1)c1cc(C(F)(F)F)cc(C(F)(F)F)c1. The molecule has 0 aromatic heterocycles. The first-order valence-corrected chi connectivity index (χ1v) is 11.1. The number of hydrogen-bond acceptors (Lipinski definition) is 3. The van der Waals surface area contributed by atoms with Crippen LogP contribution < -0.4 is 0 Å². The molecule has 2 heterocycles. The molecule has 0 spiro atoms. The van der Waals surface area contributed by atoms with Crippen LogP contribution in [0.5, 0.6) is 0 Å². The maximum absolute atomic E-state index is 13.5. The average Bonchev–Trinajstić information content (AvgIpc) is 3.35. The van der Waals surface area contributed by atoms with Crippen molar-refractivity contribution < 1.29 is 40.3 Å². The largest absolute Gasteiger partial charge is 0.416 e. The number of alkyl halides is 6. The number of likely N-dealkylation sites (N-methyl/N-ethyl adjacent to an activating group) is 1. The monoisotopic (exact) mass is 516 g/mol. The topological polar surface area (TPSA) is 32.8 Å². The highest BCUT2D eigenvalue weighted by Gasteiger charge is 2.40. The molecule has 36 heavy (non-hydrogen) atoms. The Labute approximate surface area is 202 Å². The lowest BCUT2D eigenvalue weighted by Crippen LogP contribution is -2.27. The third kappa shape index (κ3) is 5.50. The highest BCUT2D eigenvalue weighted by molar-refractivity contribution is 5.90. The predicted octanol–water partition coefficient (Wildman–Crippen LogP) is 5.76. The molecule has 4 rings (SSSR count). The van der Waals surface area contributed by atoms with Gasteiger partial charge < -0.3 is 14.5 Å². The summed E-state index contributed by atoms with van der Waals surface area (Å²) in [7, 11) is 1.64. The van der Waals surface area contributed by atoms with Crippen LogP contribution in [0.1, 0.15) is 41.2 Å². The zero-order chi connectivity index (χ0) is 26.4. The number of likely N-dealkylation sites (tertiary alicyclic amines) is 1. The van der Waals surface area contributed by atoms with Crippen molar-refractivity contribution in [3.63, 3.8) is 0 Å². The van der Waals surface area contributed by atoms with Crippen molar-refractivity contribution in [2.45, 2.75) is 37.4 Å². The number of carbonyl (C=O) groups is 1. The standard InChI is InChI=1S/C25H23F7N2O2/c1-14(16-7-17(24(27,28)29)9-18(8-16)25(30,31)32)36-22-13-34(20-10-23(35)33(2)11-20)12-21(22)15-3-5-19(26)6-4-15/h3-10,14,21-22H,11-13H2,1-2H3/t14-,21+,22-/m1/s1. The molecular weight excluding hydrogens is 493 g/mol. The number of hydrogen-bond donors (Lipinski definition) is 0. The van der Waals surface area contributed by atoms with Gasteiger partial charge in [0.05, 0.1) is 29.9 Å². The van der Waals surface area contributed by atoms with E-state index in [1.54, 1.807) is 19.2 Å².